The number of amides is 1. The van der Waals surface area contributed by atoms with Gasteiger partial charge in [0.1, 0.15) is 6.04 Å². The molecule has 2 atom stereocenters. The molecule has 0 radical (unpaired) electrons. The van der Waals surface area contributed by atoms with E-state index in [1.807, 2.05) is 6.92 Å². The van der Waals surface area contributed by atoms with E-state index in [0.717, 1.165) is 12.8 Å². The van der Waals surface area contributed by atoms with E-state index in [0.29, 0.717) is 6.42 Å². The monoisotopic (exact) mass is 174 g/mol. The van der Waals surface area contributed by atoms with Gasteiger partial charge in [0.25, 0.3) is 0 Å². The first-order valence-electron chi connectivity index (χ1n) is 4.28. The predicted molar refractivity (Wildman–Crippen MR) is 47.6 cm³/mol. The molecule has 4 N–H and O–H groups in total. The van der Waals surface area contributed by atoms with Crippen molar-refractivity contribution in [3.05, 3.63) is 0 Å². The largest absolute Gasteiger partial charge is 0.391 e. The zero-order valence-corrected chi connectivity index (χ0v) is 7.71. The summed E-state index contributed by atoms with van der Waals surface area (Å²) in [6.07, 6.45) is 1.76. The molecule has 0 aromatic rings. The fourth-order valence-corrected chi connectivity index (χ4v) is 0.934. The van der Waals surface area contributed by atoms with Crippen molar-refractivity contribution >= 4 is 5.91 Å². The van der Waals surface area contributed by atoms with Gasteiger partial charge in [-0.3, -0.25) is 4.79 Å². The molecule has 0 spiro atoms. The topological polar surface area (TPSA) is 75.3 Å². The van der Waals surface area contributed by atoms with E-state index in [-0.39, 0.29) is 5.91 Å². The highest BCUT2D eigenvalue weighted by molar-refractivity contribution is 5.81. The van der Waals surface area contributed by atoms with Crippen LogP contribution in [0.15, 0.2) is 0 Å². The van der Waals surface area contributed by atoms with Crippen molar-refractivity contribution in [1.82, 2.24) is 5.32 Å². The molecule has 0 aliphatic rings. The molecule has 0 bridgehead atoms. The van der Waals surface area contributed by atoms with E-state index in [2.05, 4.69) is 5.32 Å². The van der Waals surface area contributed by atoms with Gasteiger partial charge in [0, 0.05) is 7.05 Å². The molecular formula is C8H18N2O2. The van der Waals surface area contributed by atoms with Gasteiger partial charge in [-0.05, 0) is 6.42 Å². The zero-order valence-electron chi connectivity index (χ0n) is 7.71. The molecule has 0 rings (SSSR count). The number of carbonyl (C=O) groups excluding carboxylic acids is 1. The van der Waals surface area contributed by atoms with E-state index < -0.39 is 12.1 Å². The summed E-state index contributed by atoms with van der Waals surface area (Å²) in [7, 11) is 1.51. The van der Waals surface area contributed by atoms with Crippen molar-refractivity contribution in [2.45, 2.75) is 38.3 Å². The minimum absolute atomic E-state index is 0.307. The SMILES string of the molecule is CCCCC(O)[C@H](N)C(=O)NC. The summed E-state index contributed by atoms with van der Waals surface area (Å²) in [5.74, 6) is -0.307. The average molecular weight is 174 g/mol. The minimum atomic E-state index is -0.790. The van der Waals surface area contributed by atoms with Gasteiger partial charge >= 0.3 is 0 Å². The number of nitrogens with two attached hydrogens (primary N) is 1. The van der Waals surface area contributed by atoms with Crippen molar-refractivity contribution in [2.75, 3.05) is 7.05 Å². The molecule has 1 amide bonds. The molecule has 12 heavy (non-hydrogen) atoms. The number of carbonyl (C=O) groups is 1. The van der Waals surface area contributed by atoms with Crippen LogP contribution in [0.1, 0.15) is 26.2 Å². The average Bonchev–Trinajstić information content (AvgIpc) is 2.11. The summed E-state index contributed by atoms with van der Waals surface area (Å²) in [6, 6.07) is -0.790. The lowest BCUT2D eigenvalue weighted by Crippen LogP contribution is -2.47. The van der Waals surface area contributed by atoms with Crippen LogP contribution in [0.4, 0.5) is 0 Å². The molecule has 0 aromatic heterocycles. The van der Waals surface area contributed by atoms with E-state index in [1.165, 1.54) is 7.05 Å². The van der Waals surface area contributed by atoms with Crippen LogP contribution in [0.2, 0.25) is 0 Å². The molecular weight excluding hydrogens is 156 g/mol. The lowest BCUT2D eigenvalue weighted by atomic mass is 10.1. The van der Waals surface area contributed by atoms with Crippen molar-refractivity contribution in [3.8, 4) is 0 Å². The smallest absolute Gasteiger partial charge is 0.239 e. The summed E-state index contributed by atoms with van der Waals surface area (Å²) in [4.78, 5) is 10.9. The number of hydrogen-bond donors (Lipinski definition) is 3. The zero-order chi connectivity index (χ0) is 9.56. The maximum atomic E-state index is 10.9. The Hall–Kier alpha value is -0.610. The van der Waals surface area contributed by atoms with Crippen LogP contribution in [-0.4, -0.2) is 30.2 Å². The first kappa shape index (κ1) is 11.4. The summed E-state index contributed by atoms with van der Waals surface area (Å²) in [5, 5.41) is 11.8. The molecule has 0 fully saturated rings. The van der Waals surface area contributed by atoms with Crippen LogP contribution < -0.4 is 11.1 Å². The highest BCUT2D eigenvalue weighted by Gasteiger charge is 2.20. The fraction of sp³-hybridized carbons (Fsp3) is 0.875. The summed E-state index contributed by atoms with van der Waals surface area (Å²) in [5.41, 5.74) is 5.45. The van der Waals surface area contributed by atoms with Gasteiger partial charge < -0.3 is 16.2 Å². The molecule has 1 unspecified atom stereocenters. The molecule has 0 aliphatic heterocycles. The first-order chi connectivity index (χ1) is 5.63. The summed E-state index contributed by atoms with van der Waals surface area (Å²) in [6.45, 7) is 2.03. The number of unbranched alkanes of at least 4 members (excludes halogenated alkanes) is 1. The second kappa shape index (κ2) is 5.97. The maximum absolute atomic E-state index is 10.9. The molecule has 0 aliphatic carbocycles. The van der Waals surface area contributed by atoms with Gasteiger partial charge in [0.2, 0.25) is 5.91 Å². The Kier molecular flexibility index (Phi) is 5.66. The Morgan fingerprint density at radius 3 is 2.67 bits per heavy atom. The molecule has 4 nitrogen and oxygen atoms in total. The van der Waals surface area contributed by atoms with E-state index in [1.54, 1.807) is 0 Å². The summed E-state index contributed by atoms with van der Waals surface area (Å²) >= 11 is 0. The number of nitrogens with one attached hydrogen (secondary N) is 1. The second-order valence-electron chi connectivity index (χ2n) is 2.85. The van der Waals surface area contributed by atoms with Gasteiger partial charge in [-0.2, -0.15) is 0 Å². The van der Waals surface area contributed by atoms with Crippen LogP contribution in [-0.2, 0) is 4.79 Å². The number of aliphatic hydroxyl groups is 1. The molecule has 0 saturated carbocycles. The normalized spacial score (nSPS) is 15.3. The van der Waals surface area contributed by atoms with E-state index in [9.17, 15) is 9.90 Å². The van der Waals surface area contributed by atoms with Gasteiger partial charge in [-0.1, -0.05) is 19.8 Å². The quantitative estimate of drug-likeness (QED) is 0.531. The van der Waals surface area contributed by atoms with E-state index in [4.69, 9.17) is 5.73 Å². The summed E-state index contributed by atoms with van der Waals surface area (Å²) < 4.78 is 0. The number of hydrogen-bond acceptors (Lipinski definition) is 3. The van der Waals surface area contributed by atoms with Gasteiger partial charge in [-0.15, -0.1) is 0 Å². The Bertz CT molecular complexity index is 139. The van der Waals surface area contributed by atoms with Crippen LogP contribution in [0, 0.1) is 0 Å². The van der Waals surface area contributed by atoms with Gasteiger partial charge in [0.05, 0.1) is 6.10 Å². The number of likely N-dealkylation sites (N-methyl/N-ethyl adjacent to an activating group) is 1. The third-order valence-electron chi connectivity index (χ3n) is 1.82. The second-order valence-corrected chi connectivity index (χ2v) is 2.85. The molecule has 72 valence electrons. The van der Waals surface area contributed by atoms with Crippen LogP contribution in [0.3, 0.4) is 0 Å². The highest BCUT2D eigenvalue weighted by Crippen LogP contribution is 2.02. The Balaban J connectivity index is 3.75. The maximum Gasteiger partial charge on any atom is 0.239 e. The van der Waals surface area contributed by atoms with Crippen LogP contribution in [0.25, 0.3) is 0 Å². The lowest BCUT2D eigenvalue weighted by molar-refractivity contribution is -0.124. The van der Waals surface area contributed by atoms with E-state index >= 15 is 0 Å². The Labute approximate surface area is 73.1 Å². The fourth-order valence-electron chi connectivity index (χ4n) is 0.934. The molecule has 4 heteroatoms. The van der Waals surface area contributed by atoms with Crippen LogP contribution in [0.5, 0.6) is 0 Å². The van der Waals surface area contributed by atoms with Crippen molar-refractivity contribution in [3.63, 3.8) is 0 Å². The van der Waals surface area contributed by atoms with Crippen molar-refractivity contribution in [1.29, 1.82) is 0 Å². The number of rotatable bonds is 5. The third kappa shape index (κ3) is 3.69. The molecule has 0 aromatic carbocycles. The molecule has 0 heterocycles. The lowest BCUT2D eigenvalue weighted by Gasteiger charge is -2.16. The minimum Gasteiger partial charge on any atom is -0.391 e. The van der Waals surface area contributed by atoms with Crippen molar-refractivity contribution in [2.24, 2.45) is 5.73 Å². The Morgan fingerprint density at radius 2 is 2.25 bits per heavy atom. The first-order valence-corrected chi connectivity index (χ1v) is 4.28. The molecule has 0 saturated heterocycles. The van der Waals surface area contributed by atoms with Crippen LogP contribution >= 0.6 is 0 Å². The highest BCUT2D eigenvalue weighted by atomic mass is 16.3. The van der Waals surface area contributed by atoms with Crippen molar-refractivity contribution < 1.29 is 9.90 Å². The van der Waals surface area contributed by atoms with Gasteiger partial charge in [-0.25, -0.2) is 0 Å². The number of aliphatic hydroxyl groups excluding tert-OH is 1. The Morgan fingerprint density at radius 1 is 1.67 bits per heavy atom. The predicted octanol–water partition coefficient (Wildman–Crippen LogP) is -0.389. The van der Waals surface area contributed by atoms with Gasteiger partial charge in [0.15, 0.2) is 0 Å². The third-order valence-corrected chi connectivity index (χ3v) is 1.82. The standard InChI is InChI=1S/C8H18N2O2/c1-3-4-5-6(11)7(9)8(12)10-2/h6-7,11H,3-5,9H2,1-2H3,(H,10,12)/t6?,7-/m0/s1.